The number of carbonyl (C=O) groups excluding carboxylic acids is 1. The van der Waals surface area contributed by atoms with Crippen molar-refractivity contribution in [2.24, 2.45) is 0 Å². The van der Waals surface area contributed by atoms with Crippen LogP contribution < -0.4 is 14.8 Å². The summed E-state index contributed by atoms with van der Waals surface area (Å²) in [7, 11) is 3.01. The average molecular weight is 311 g/mol. The van der Waals surface area contributed by atoms with Gasteiger partial charge in [0.15, 0.2) is 11.5 Å². The van der Waals surface area contributed by atoms with Gasteiger partial charge in [-0.3, -0.25) is 5.32 Å². The minimum Gasteiger partial charge on any atom is -0.493 e. The highest BCUT2D eigenvalue weighted by Crippen LogP contribution is 2.38. The summed E-state index contributed by atoms with van der Waals surface area (Å²) in [5.41, 5.74) is -0.894. The van der Waals surface area contributed by atoms with E-state index in [9.17, 15) is 9.90 Å². The van der Waals surface area contributed by atoms with Crippen LogP contribution in [0.15, 0.2) is 12.1 Å². The van der Waals surface area contributed by atoms with Crippen molar-refractivity contribution in [2.75, 3.05) is 19.5 Å². The molecule has 0 aromatic heterocycles. The first-order chi connectivity index (χ1) is 9.97. The Bertz CT molecular complexity index is 541. The molecule has 1 amide bonds. The molecular formula is C16H25NO5. The SMILES string of the molecule is COc1cc(NC(=O)OC(C)(C)C)c(C(C)(C)O)cc1OC. The van der Waals surface area contributed by atoms with Gasteiger partial charge in [0.2, 0.25) is 0 Å². The Kier molecular flexibility index (Phi) is 5.30. The van der Waals surface area contributed by atoms with Gasteiger partial charge in [0, 0.05) is 11.6 Å². The number of rotatable bonds is 4. The van der Waals surface area contributed by atoms with Crippen LogP contribution in [0.3, 0.4) is 0 Å². The van der Waals surface area contributed by atoms with Crippen molar-refractivity contribution in [3.63, 3.8) is 0 Å². The Balaban J connectivity index is 3.24. The number of aliphatic hydroxyl groups is 1. The highest BCUT2D eigenvalue weighted by atomic mass is 16.6. The molecule has 2 N–H and O–H groups in total. The van der Waals surface area contributed by atoms with Crippen molar-refractivity contribution >= 4 is 11.8 Å². The monoisotopic (exact) mass is 311 g/mol. The topological polar surface area (TPSA) is 77.0 Å². The minimum absolute atomic E-state index is 0.402. The van der Waals surface area contributed by atoms with Crippen molar-refractivity contribution in [1.29, 1.82) is 0 Å². The molecule has 1 aromatic rings. The number of amides is 1. The van der Waals surface area contributed by atoms with Crippen molar-refractivity contribution in [3.8, 4) is 11.5 Å². The highest BCUT2D eigenvalue weighted by Gasteiger charge is 2.25. The van der Waals surface area contributed by atoms with Crippen molar-refractivity contribution in [3.05, 3.63) is 17.7 Å². The summed E-state index contributed by atoms with van der Waals surface area (Å²) in [5, 5.41) is 13.0. The third kappa shape index (κ3) is 4.80. The predicted octanol–water partition coefficient (Wildman–Crippen LogP) is 3.28. The minimum atomic E-state index is -1.18. The van der Waals surface area contributed by atoms with Gasteiger partial charge in [0.25, 0.3) is 0 Å². The van der Waals surface area contributed by atoms with E-state index in [1.807, 2.05) is 0 Å². The van der Waals surface area contributed by atoms with Crippen molar-refractivity contribution in [2.45, 2.75) is 45.8 Å². The Morgan fingerprint density at radius 1 is 1.05 bits per heavy atom. The molecule has 0 aliphatic rings. The number of methoxy groups -OCH3 is 2. The molecular weight excluding hydrogens is 286 g/mol. The third-order valence-corrected chi connectivity index (χ3v) is 2.82. The van der Waals surface area contributed by atoms with Crippen molar-refractivity contribution in [1.82, 2.24) is 0 Å². The first-order valence-corrected chi connectivity index (χ1v) is 6.97. The second-order valence-electron chi connectivity index (χ2n) is 6.44. The summed E-state index contributed by atoms with van der Waals surface area (Å²) in [4.78, 5) is 12.0. The molecule has 6 heteroatoms. The van der Waals surface area contributed by atoms with E-state index in [1.54, 1.807) is 46.8 Å². The lowest BCUT2D eigenvalue weighted by Gasteiger charge is -2.25. The van der Waals surface area contributed by atoms with E-state index in [-0.39, 0.29) is 0 Å². The normalized spacial score (nSPS) is 11.8. The Morgan fingerprint density at radius 2 is 1.55 bits per heavy atom. The molecule has 6 nitrogen and oxygen atoms in total. The van der Waals surface area contributed by atoms with E-state index >= 15 is 0 Å². The fourth-order valence-corrected chi connectivity index (χ4v) is 1.90. The summed E-state index contributed by atoms with van der Waals surface area (Å²) in [6.45, 7) is 8.57. The van der Waals surface area contributed by atoms with Gasteiger partial charge in [-0.25, -0.2) is 4.79 Å². The van der Waals surface area contributed by atoms with Crippen LogP contribution in [-0.4, -0.2) is 31.0 Å². The summed E-state index contributed by atoms with van der Waals surface area (Å²) in [6.07, 6.45) is -0.606. The molecule has 0 spiro atoms. The standard InChI is InChI=1S/C16H25NO5/c1-15(2,3)22-14(18)17-11-9-13(21-7)12(20-6)8-10(11)16(4,5)19/h8-9,19H,1-7H3,(H,17,18). The van der Waals surface area contributed by atoms with Crippen molar-refractivity contribution < 1.29 is 24.1 Å². The maximum atomic E-state index is 12.0. The first kappa shape index (κ1) is 18.1. The van der Waals surface area contributed by atoms with Gasteiger partial charge in [-0.05, 0) is 40.7 Å². The molecule has 0 saturated carbocycles. The van der Waals surface area contributed by atoms with Crippen LogP contribution in [0.2, 0.25) is 0 Å². The summed E-state index contributed by atoms with van der Waals surface area (Å²) >= 11 is 0. The van der Waals surface area contributed by atoms with Gasteiger partial charge in [-0.2, -0.15) is 0 Å². The van der Waals surface area contributed by atoms with Gasteiger partial charge in [0.05, 0.1) is 25.5 Å². The van der Waals surface area contributed by atoms with Gasteiger partial charge in [0.1, 0.15) is 5.60 Å². The van der Waals surface area contributed by atoms with Crippen LogP contribution >= 0.6 is 0 Å². The molecule has 0 heterocycles. The number of ether oxygens (including phenoxy) is 3. The Morgan fingerprint density at radius 3 is 1.95 bits per heavy atom. The van der Waals surface area contributed by atoms with Crippen LogP contribution in [0.1, 0.15) is 40.2 Å². The fourth-order valence-electron chi connectivity index (χ4n) is 1.90. The average Bonchev–Trinajstić information content (AvgIpc) is 2.34. The van der Waals surface area contributed by atoms with Crippen LogP contribution in [-0.2, 0) is 10.3 Å². The maximum Gasteiger partial charge on any atom is 0.412 e. The molecule has 1 rings (SSSR count). The summed E-state index contributed by atoms with van der Waals surface area (Å²) in [6, 6.07) is 3.22. The van der Waals surface area contributed by atoms with E-state index in [1.165, 1.54) is 14.2 Å². The lowest BCUT2D eigenvalue weighted by Crippen LogP contribution is -2.28. The highest BCUT2D eigenvalue weighted by molar-refractivity contribution is 5.87. The van der Waals surface area contributed by atoms with Crippen LogP contribution in [0.4, 0.5) is 10.5 Å². The molecule has 22 heavy (non-hydrogen) atoms. The van der Waals surface area contributed by atoms with Gasteiger partial charge >= 0.3 is 6.09 Å². The second kappa shape index (κ2) is 6.44. The number of hydrogen-bond acceptors (Lipinski definition) is 5. The van der Waals surface area contributed by atoms with Gasteiger partial charge in [-0.15, -0.1) is 0 Å². The molecule has 0 aliphatic heterocycles. The smallest absolute Gasteiger partial charge is 0.412 e. The predicted molar refractivity (Wildman–Crippen MR) is 84.6 cm³/mol. The number of carbonyl (C=O) groups is 1. The summed E-state index contributed by atoms with van der Waals surface area (Å²) in [5.74, 6) is 0.913. The van der Waals surface area contributed by atoms with E-state index in [2.05, 4.69) is 5.32 Å². The lowest BCUT2D eigenvalue weighted by atomic mass is 9.95. The van der Waals surface area contributed by atoms with Crippen LogP contribution in [0, 0.1) is 0 Å². The fraction of sp³-hybridized carbons (Fsp3) is 0.562. The molecule has 124 valence electrons. The van der Waals surface area contributed by atoms with Crippen LogP contribution in [0.5, 0.6) is 11.5 Å². The Hall–Kier alpha value is -1.95. The molecule has 0 bridgehead atoms. The number of nitrogens with one attached hydrogen (secondary N) is 1. The van der Waals surface area contributed by atoms with E-state index in [0.29, 0.717) is 22.7 Å². The molecule has 1 aromatic carbocycles. The molecule has 0 atom stereocenters. The lowest BCUT2D eigenvalue weighted by molar-refractivity contribution is 0.0632. The Labute approximate surface area is 131 Å². The largest absolute Gasteiger partial charge is 0.493 e. The zero-order chi connectivity index (χ0) is 17.1. The molecule has 0 saturated heterocycles. The number of hydrogen-bond donors (Lipinski definition) is 2. The van der Waals surface area contributed by atoms with Crippen LogP contribution in [0.25, 0.3) is 0 Å². The second-order valence-corrected chi connectivity index (χ2v) is 6.44. The van der Waals surface area contributed by atoms with E-state index in [4.69, 9.17) is 14.2 Å². The first-order valence-electron chi connectivity index (χ1n) is 6.97. The maximum absolute atomic E-state index is 12.0. The molecule has 0 radical (unpaired) electrons. The quantitative estimate of drug-likeness (QED) is 0.892. The van der Waals surface area contributed by atoms with Gasteiger partial charge in [-0.1, -0.05) is 0 Å². The number of anilines is 1. The molecule has 0 unspecified atom stereocenters. The molecule has 0 fully saturated rings. The third-order valence-electron chi connectivity index (χ3n) is 2.82. The summed E-state index contributed by atoms with van der Waals surface area (Å²) < 4.78 is 15.7. The molecule has 0 aliphatic carbocycles. The van der Waals surface area contributed by atoms with E-state index < -0.39 is 17.3 Å². The number of benzene rings is 1. The van der Waals surface area contributed by atoms with Gasteiger partial charge < -0.3 is 19.3 Å². The van der Waals surface area contributed by atoms with E-state index in [0.717, 1.165) is 0 Å². The zero-order valence-corrected chi connectivity index (χ0v) is 14.2. The zero-order valence-electron chi connectivity index (χ0n) is 14.2.